The third-order valence-electron chi connectivity index (χ3n) is 7.33. The molecule has 2 aliphatic rings. The van der Waals surface area contributed by atoms with Gasteiger partial charge in [-0.25, -0.2) is 4.98 Å². The minimum absolute atomic E-state index is 0.278. The molecule has 9 heteroatoms. The molecule has 3 aromatic heterocycles. The Balaban J connectivity index is 1.29. The number of hydrogen-bond acceptors (Lipinski definition) is 6. The van der Waals surface area contributed by atoms with Crippen LogP contribution in [-0.2, 0) is 0 Å². The summed E-state index contributed by atoms with van der Waals surface area (Å²) >= 11 is 0. The van der Waals surface area contributed by atoms with Crippen LogP contribution >= 0.6 is 0 Å². The zero-order chi connectivity index (χ0) is 22.6. The van der Waals surface area contributed by atoms with E-state index in [4.69, 9.17) is 9.84 Å². The Morgan fingerprint density at radius 3 is 2.97 bits per heavy atom. The van der Waals surface area contributed by atoms with Crippen LogP contribution in [0, 0.1) is 11.3 Å². The maximum atomic E-state index is 13.2. The Kier molecular flexibility index (Phi) is 4.62. The molecule has 1 aliphatic heterocycles. The third kappa shape index (κ3) is 3.34. The second-order valence-electron chi connectivity index (χ2n) is 9.50. The van der Waals surface area contributed by atoms with Crippen molar-refractivity contribution in [1.82, 2.24) is 29.7 Å². The van der Waals surface area contributed by atoms with Crippen LogP contribution in [0.15, 0.2) is 42.9 Å². The molecule has 0 unspecified atom stereocenters. The van der Waals surface area contributed by atoms with Gasteiger partial charge < -0.3 is 15.4 Å². The van der Waals surface area contributed by atoms with Crippen LogP contribution in [0.5, 0.6) is 5.75 Å². The Bertz CT molecular complexity index is 1350. The molecular weight excluding hydrogens is 418 g/mol. The van der Waals surface area contributed by atoms with Gasteiger partial charge in [0.25, 0.3) is 5.91 Å². The van der Waals surface area contributed by atoms with Gasteiger partial charge in [0.2, 0.25) is 0 Å². The molecule has 1 saturated heterocycles. The van der Waals surface area contributed by atoms with Crippen molar-refractivity contribution >= 4 is 28.3 Å². The highest BCUT2D eigenvalue weighted by Crippen LogP contribution is 2.46. The van der Waals surface area contributed by atoms with Crippen LogP contribution in [0.1, 0.15) is 42.6 Å². The number of methoxy groups -OCH3 is 1. The number of nitrogens with zero attached hydrogens (tertiary/aromatic N) is 5. The van der Waals surface area contributed by atoms with Gasteiger partial charge in [-0.15, -0.1) is 0 Å². The summed E-state index contributed by atoms with van der Waals surface area (Å²) in [5.74, 6) is 1.27. The van der Waals surface area contributed by atoms with Crippen molar-refractivity contribution in [2.24, 2.45) is 11.3 Å². The average molecular weight is 446 g/mol. The fraction of sp³-hybridized carbons (Fsp3) is 0.417. The predicted molar refractivity (Wildman–Crippen MR) is 125 cm³/mol. The van der Waals surface area contributed by atoms with Crippen molar-refractivity contribution in [2.75, 3.05) is 25.5 Å². The van der Waals surface area contributed by atoms with Gasteiger partial charge in [0.15, 0.2) is 11.5 Å². The number of rotatable bonds is 4. The van der Waals surface area contributed by atoms with Crippen LogP contribution in [0.2, 0.25) is 0 Å². The summed E-state index contributed by atoms with van der Waals surface area (Å²) in [6.07, 6.45) is 8.90. The smallest absolute Gasteiger partial charge is 0.260 e. The van der Waals surface area contributed by atoms with Gasteiger partial charge in [-0.3, -0.25) is 9.48 Å². The Morgan fingerprint density at radius 2 is 2.21 bits per heavy atom. The quantitative estimate of drug-likeness (QED) is 0.500. The molecule has 6 rings (SSSR count). The van der Waals surface area contributed by atoms with Gasteiger partial charge in [0.1, 0.15) is 5.75 Å². The zero-order valence-corrected chi connectivity index (χ0v) is 18.8. The number of anilines is 1. The lowest BCUT2D eigenvalue weighted by atomic mass is 9.65. The molecule has 0 radical (unpaired) electrons. The Hall–Kier alpha value is -3.46. The van der Waals surface area contributed by atoms with Crippen molar-refractivity contribution in [3.05, 3.63) is 48.4 Å². The van der Waals surface area contributed by atoms with E-state index in [0.717, 1.165) is 30.4 Å². The fourth-order valence-corrected chi connectivity index (χ4v) is 5.54. The molecule has 2 atom stereocenters. The van der Waals surface area contributed by atoms with Gasteiger partial charge in [0, 0.05) is 36.9 Å². The number of nitrogens with one attached hydrogen (secondary N) is 2. The van der Waals surface area contributed by atoms with Gasteiger partial charge in [-0.2, -0.15) is 14.7 Å². The second kappa shape index (κ2) is 7.55. The number of aromatic nitrogens is 5. The first-order chi connectivity index (χ1) is 16.0. The summed E-state index contributed by atoms with van der Waals surface area (Å²) in [4.78, 5) is 17.4. The van der Waals surface area contributed by atoms with Gasteiger partial charge in [0.05, 0.1) is 30.4 Å². The van der Waals surface area contributed by atoms with Crippen LogP contribution in [0.3, 0.4) is 0 Å². The Morgan fingerprint density at radius 1 is 1.33 bits per heavy atom. The molecule has 1 aliphatic carbocycles. The highest BCUT2D eigenvalue weighted by Gasteiger charge is 2.43. The van der Waals surface area contributed by atoms with E-state index in [1.165, 1.54) is 12.8 Å². The normalized spacial score (nSPS) is 21.9. The number of fused-ring (bicyclic) bond motifs is 2. The molecule has 4 heterocycles. The number of imidazole rings is 1. The number of benzene rings is 1. The molecule has 0 bridgehead atoms. The SMILES string of the molecule is COc1cc2nn([C@@H]3CCC4(CNC4)C[C@H]3C)cc2cc1C(=O)Nc1cnc2cccnn12. The van der Waals surface area contributed by atoms with E-state index in [1.807, 2.05) is 18.2 Å². The lowest BCUT2D eigenvalue weighted by Gasteiger charge is -2.50. The molecule has 2 fully saturated rings. The molecule has 1 saturated carbocycles. The van der Waals surface area contributed by atoms with E-state index >= 15 is 0 Å². The first-order valence-electron chi connectivity index (χ1n) is 11.4. The number of ether oxygens (including phenoxy) is 1. The number of amides is 1. The number of hydrogen-bond donors (Lipinski definition) is 2. The van der Waals surface area contributed by atoms with Crippen molar-refractivity contribution in [1.29, 1.82) is 0 Å². The summed E-state index contributed by atoms with van der Waals surface area (Å²) in [5.41, 5.74) is 2.44. The van der Waals surface area contributed by atoms with E-state index in [-0.39, 0.29) is 5.91 Å². The first kappa shape index (κ1) is 20.2. The van der Waals surface area contributed by atoms with Crippen LogP contribution in [-0.4, -0.2) is 50.5 Å². The molecule has 1 aromatic carbocycles. The summed E-state index contributed by atoms with van der Waals surface area (Å²) in [5, 5.41) is 16.4. The highest BCUT2D eigenvalue weighted by molar-refractivity contribution is 6.08. The lowest BCUT2D eigenvalue weighted by Crippen LogP contribution is -2.56. The predicted octanol–water partition coefficient (Wildman–Crippen LogP) is 3.29. The molecule has 2 N–H and O–H groups in total. The number of carbonyl (C=O) groups excluding carboxylic acids is 1. The summed E-state index contributed by atoms with van der Waals surface area (Å²) in [6.45, 7) is 4.62. The summed E-state index contributed by atoms with van der Waals surface area (Å²) in [6, 6.07) is 7.71. The second-order valence-corrected chi connectivity index (χ2v) is 9.50. The number of carbonyl (C=O) groups is 1. The minimum Gasteiger partial charge on any atom is -0.496 e. The molecule has 170 valence electrons. The lowest BCUT2D eigenvalue weighted by molar-refractivity contribution is 0.0452. The van der Waals surface area contributed by atoms with E-state index in [9.17, 15) is 4.79 Å². The summed E-state index contributed by atoms with van der Waals surface area (Å²) < 4.78 is 9.25. The van der Waals surface area contributed by atoms with Crippen molar-refractivity contribution in [2.45, 2.75) is 32.2 Å². The Labute approximate surface area is 191 Å². The molecular formula is C24H27N7O2. The summed E-state index contributed by atoms with van der Waals surface area (Å²) in [7, 11) is 1.57. The van der Waals surface area contributed by atoms with E-state index < -0.39 is 0 Å². The maximum absolute atomic E-state index is 13.2. The molecule has 1 spiro atoms. The van der Waals surface area contributed by atoms with Gasteiger partial charge in [-0.1, -0.05) is 6.92 Å². The van der Waals surface area contributed by atoms with E-state index in [0.29, 0.717) is 40.2 Å². The van der Waals surface area contributed by atoms with E-state index in [2.05, 4.69) is 38.5 Å². The van der Waals surface area contributed by atoms with Crippen LogP contribution < -0.4 is 15.4 Å². The van der Waals surface area contributed by atoms with Crippen molar-refractivity contribution in [3.8, 4) is 5.75 Å². The van der Waals surface area contributed by atoms with Crippen molar-refractivity contribution < 1.29 is 9.53 Å². The maximum Gasteiger partial charge on any atom is 0.260 e. The van der Waals surface area contributed by atoms with Gasteiger partial charge >= 0.3 is 0 Å². The molecule has 4 aromatic rings. The minimum atomic E-state index is -0.278. The van der Waals surface area contributed by atoms with Crippen LogP contribution in [0.4, 0.5) is 5.82 Å². The van der Waals surface area contributed by atoms with Crippen molar-refractivity contribution in [3.63, 3.8) is 0 Å². The fourth-order valence-electron chi connectivity index (χ4n) is 5.54. The highest BCUT2D eigenvalue weighted by atomic mass is 16.5. The van der Waals surface area contributed by atoms with E-state index in [1.54, 1.807) is 30.1 Å². The van der Waals surface area contributed by atoms with Gasteiger partial charge in [-0.05, 0) is 48.8 Å². The van der Waals surface area contributed by atoms with Crippen LogP contribution in [0.25, 0.3) is 16.6 Å². The zero-order valence-electron chi connectivity index (χ0n) is 18.8. The largest absolute Gasteiger partial charge is 0.496 e. The molecule has 1 amide bonds. The topological polar surface area (TPSA) is 98.4 Å². The monoisotopic (exact) mass is 445 g/mol. The average Bonchev–Trinajstić information content (AvgIpc) is 3.40. The molecule has 33 heavy (non-hydrogen) atoms. The third-order valence-corrected chi connectivity index (χ3v) is 7.33. The first-order valence-corrected chi connectivity index (χ1v) is 11.4. The molecule has 9 nitrogen and oxygen atoms in total. The standard InChI is InChI=1S/C24H27N7O2/c1-15-10-24(13-25-14-24)6-5-19(15)30-12-16-8-17(20(33-2)9-18(16)29-30)23(32)28-22-11-26-21-4-3-7-27-31(21)22/h3-4,7-9,11-12,15,19,25H,5-6,10,13-14H2,1-2H3,(H,28,32)/t15-,19-/m1/s1.